The Morgan fingerprint density at radius 2 is 1.18 bits per heavy atom. The molecule has 0 aliphatic heterocycles. The summed E-state index contributed by atoms with van der Waals surface area (Å²) >= 11 is 0. The van der Waals surface area contributed by atoms with E-state index in [9.17, 15) is 24.3 Å². The zero-order chi connectivity index (χ0) is 20.4. The minimum atomic E-state index is -1.48. The number of Topliss-reactive ketones (excluding diaryl/α,β-unsaturated/α-hetero) is 1. The van der Waals surface area contributed by atoms with Gasteiger partial charge < -0.3 is 10.2 Å². The molecule has 0 unspecified atom stereocenters. The predicted octanol–water partition coefficient (Wildman–Crippen LogP) is 2.88. The fraction of sp³-hybridized carbons (Fsp3) is 0. The number of nitrogens with one attached hydrogen (secondary N) is 1. The highest BCUT2D eigenvalue weighted by molar-refractivity contribution is 6.57. The van der Waals surface area contributed by atoms with Crippen molar-refractivity contribution in [2.24, 2.45) is 0 Å². The second-order valence-electron chi connectivity index (χ2n) is 5.89. The second-order valence-corrected chi connectivity index (χ2v) is 5.89. The number of aliphatic hydroxyl groups excluding tert-OH is 1. The van der Waals surface area contributed by atoms with E-state index in [2.05, 4.69) is 0 Å². The summed E-state index contributed by atoms with van der Waals surface area (Å²) in [4.78, 5) is 44.8. The molecule has 0 aromatic heterocycles. The van der Waals surface area contributed by atoms with Crippen LogP contribution in [-0.2, 0) is 4.79 Å². The van der Waals surface area contributed by atoms with E-state index in [4.69, 9.17) is 10.5 Å². The molecule has 0 spiro atoms. The molecule has 2 aliphatic rings. The number of hydrogen-bond donors (Lipinski definition) is 3. The first-order valence-corrected chi connectivity index (χ1v) is 8.08. The van der Waals surface area contributed by atoms with Crippen LogP contribution in [0, 0.1) is 5.41 Å². The monoisotopic (exact) mass is 375 g/mol. The minimum absolute atomic E-state index is 0.0924. The Morgan fingerprint density at radius 3 is 1.64 bits per heavy atom. The van der Waals surface area contributed by atoms with Crippen LogP contribution in [0.4, 0.5) is 0 Å². The lowest BCUT2D eigenvalue weighted by atomic mass is 9.88. The Kier molecular flexibility index (Phi) is 4.82. The normalized spacial score (nSPS) is 14.9. The van der Waals surface area contributed by atoms with Crippen molar-refractivity contribution in [3.63, 3.8) is 0 Å². The Balaban J connectivity index is 0.000000167. The average Bonchev–Trinajstić information content (AvgIpc) is 2.70. The summed E-state index contributed by atoms with van der Waals surface area (Å²) in [5, 5.41) is 25.9. The zero-order valence-electron chi connectivity index (χ0n) is 14.3. The largest absolute Gasteiger partial charge is 0.506 e. The fourth-order valence-electron chi connectivity index (χ4n) is 2.84. The number of hydrogen-bond acceptors (Lipinski definition) is 6. The van der Waals surface area contributed by atoms with Gasteiger partial charge in [-0.3, -0.25) is 19.8 Å². The van der Waals surface area contributed by atoms with Gasteiger partial charge in [-0.1, -0.05) is 48.5 Å². The zero-order valence-corrected chi connectivity index (χ0v) is 14.3. The van der Waals surface area contributed by atoms with E-state index in [1.165, 1.54) is 24.3 Å². The number of benzene rings is 2. The molecule has 138 valence electrons. The molecule has 0 radical (unpaired) electrons. The molecule has 3 N–H and O–H groups in total. The lowest BCUT2D eigenvalue weighted by Crippen LogP contribution is -2.27. The van der Waals surface area contributed by atoms with E-state index in [0.717, 1.165) is 0 Å². The van der Waals surface area contributed by atoms with E-state index in [1.54, 1.807) is 36.4 Å². The summed E-state index contributed by atoms with van der Waals surface area (Å²) in [6.07, 6.45) is 2.62. The number of carboxylic acids is 1. The van der Waals surface area contributed by atoms with Crippen LogP contribution >= 0.6 is 0 Å². The van der Waals surface area contributed by atoms with Crippen molar-refractivity contribution in [2.75, 3.05) is 0 Å². The maximum atomic E-state index is 11.6. The number of allylic oxidation sites excluding steroid dienone is 2. The van der Waals surface area contributed by atoms with E-state index in [0.29, 0.717) is 11.1 Å². The van der Waals surface area contributed by atoms with Crippen molar-refractivity contribution in [1.29, 1.82) is 5.41 Å². The van der Waals surface area contributed by atoms with Crippen LogP contribution in [-0.4, -0.2) is 39.2 Å². The highest BCUT2D eigenvalue weighted by atomic mass is 16.4. The maximum Gasteiger partial charge on any atom is 0.341 e. The van der Waals surface area contributed by atoms with Gasteiger partial charge in [0.25, 0.3) is 0 Å². The van der Waals surface area contributed by atoms with Gasteiger partial charge in [0.1, 0.15) is 17.0 Å². The lowest BCUT2D eigenvalue weighted by Gasteiger charge is -2.16. The van der Waals surface area contributed by atoms with Gasteiger partial charge in [-0.05, 0) is 12.2 Å². The van der Waals surface area contributed by atoms with Crippen LogP contribution in [0.25, 0.3) is 5.76 Å². The van der Waals surface area contributed by atoms with Gasteiger partial charge in [0.15, 0.2) is 11.6 Å². The first-order valence-electron chi connectivity index (χ1n) is 8.08. The highest BCUT2D eigenvalue weighted by Gasteiger charge is 2.33. The van der Waals surface area contributed by atoms with Gasteiger partial charge in [-0.25, -0.2) is 4.79 Å². The molecule has 2 aromatic carbocycles. The Bertz CT molecular complexity index is 1090. The number of rotatable bonds is 1. The van der Waals surface area contributed by atoms with Crippen molar-refractivity contribution >= 4 is 34.8 Å². The Morgan fingerprint density at radius 1 is 0.750 bits per heavy atom. The van der Waals surface area contributed by atoms with Crippen molar-refractivity contribution in [3.8, 4) is 0 Å². The number of fused-ring (bicyclic) bond motifs is 2. The summed E-state index contributed by atoms with van der Waals surface area (Å²) in [6, 6.07) is 12.9. The van der Waals surface area contributed by atoms with Crippen molar-refractivity contribution < 1.29 is 29.4 Å². The molecular formula is C21H13NO6. The molecule has 0 saturated carbocycles. The van der Waals surface area contributed by atoms with Crippen molar-refractivity contribution in [3.05, 3.63) is 88.5 Å². The number of carboxylic acid groups (broad SMARTS) is 1. The molecular weight excluding hydrogens is 362 g/mol. The molecule has 0 fully saturated rings. The van der Waals surface area contributed by atoms with Crippen molar-refractivity contribution in [2.45, 2.75) is 0 Å². The Hall–Kier alpha value is -4.13. The van der Waals surface area contributed by atoms with Crippen LogP contribution in [0.15, 0.2) is 66.3 Å². The topological polar surface area (TPSA) is 133 Å². The molecule has 0 amide bonds. The third-order valence-corrected chi connectivity index (χ3v) is 4.20. The molecule has 0 atom stereocenters. The molecule has 0 saturated heterocycles. The molecule has 4 rings (SSSR count). The fourth-order valence-corrected chi connectivity index (χ4v) is 2.84. The summed E-state index contributed by atoms with van der Waals surface area (Å²) in [6.45, 7) is 0. The van der Waals surface area contributed by atoms with Crippen molar-refractivity contribution in [1.82, 2.24) is 0 Å². The number of aliphatic carboxylic acids is 1. The first kappa shape index (κ1) is 18.7. The summed E-state index contributed by atoms with van der Waals surface area (Å²) in [5.74, 6) is -2.89. The lowest BCUT2D eigenvalue weighted by molar-refractivity contribution is -0.132. The van der Waals surface area contributed by atoms with Gasteiger partial charge >= 0.3 is 5.97 Å². The van der Waals surface area contributed by atoms with Crippen LogP contribution in [0.5, 0.6) is 0 Å². The summed E-state index contributed by atoms with van der Waals surface area (Å²) in [7, 11) is 0. The first-order chi connectivity index (χ1) is 13.3. The number of ketones is 3. The van der Waals surface area contributed by atoms with Crippen LogP contribution in [0.3, 0.4) is 0 Å². The van der Waals surface area contributed by atoms with Crippen LogP contribution in [0.2, 0.25) is 0 Å². The average molecular weight is 375 g/mol. The predicted molar refractivity (Wildman–Crippen MR) is 99.9 cm³/mol. The van der Waals surface area contributed by atoms with Crippen LogP contribution < -0.4 is 0 Å². The highest BCUT2D eigenvalue weighted by Crippen LogP contribution is 2.27. The van der Waals surface area contributed by atoms with E-state index >= 15 is 0 Å². The maximum absolute atomic E-state index is 11.6. The molecule has 7 nitrogen and oxygen atoms in total. The molecule has 0 heterocycles. The quantitative estimate of drug-likeness (QED) is 0.702. The van der Waals surface area contributed by atoms with Gasteiger partial charge in [-0.15, -0.1) is 0 Å². The summed E-state index contributed by atoms with van der Waals surface area (Å²) in [5.41, 5.74) is -0.0294. The molecule has 2 aliphatic carbocycles. The second kappa shape index (κ2) is 7.24. The van der Waals surface area contributed by atoms with Gasteiger partial charge in [0.2, 0.25) is 5.78 Å². The standard InChI is InChI=1S/C11H7NO4.C10H6O2/c12-8-7(11(15)16)9(13)5-3-1-2-4-6(5)10(8)14;11-9-5-6-10(12)8-4-2-1-3-7(8)9/h1-4,12-13H,(H,15,16);1-6H. The smallest absolute Gasteiger partial charge is 0.341 e. The third-order valence-electron chi connectivity index (χ3n) is 4.20. The third kappa shape index (κ3) is 3.16. The SMILES string of the molecule is N=C1C(=O)c2ccccc2C(O)=C1C(=O)O.O=C1C=CC(=O)c2ccccc21. The number of aliphatic hydroxyl groups is 1. The van der Waals surface area contributed by atoms with E-state index < -0.39 is 28.8 Å². The molecule has 2 aromatic rings. The van der Waals surface area contributed by atoms with Gasteiger partial charge in [-0.2, -0.15) is 0 Å². The molecule has 28 heavy (non-hydrogen) atoms. The molecule has 0 bridgehead atoms. The Labute approximate surface area is 158 Å². The summed E-state index contributed by atoms with van der Waals surface area (Å²) < 4.78 is 0. The van der Waals surface area contributed by atoms with E-state index in [1.807, 2.05) is 0 Å². The minimum Gasteiger partial charge on any atom is -0.506 e. The van der Waals surface area contributed by atoms with Gasteiger partial charge in [0.05, 0.1) is 0 Å². The number of carbonyl (C=O) groups is 4. The number of carbonyl (C=O) groups excluding carboxylic acids is 3. The van der Waals surface area contributed by atoms with E-state index in [-0.39, 0.29) is 22.7 Å². The van der Waals surface area contributed by atoms with Crippen LogP contribution in [0.1, 0.15) is 36.6 Å². The molecule has 7 heteroatoms. The van der Waals surface area contributed by atoms with Gasteiger partial charge in [0, 0.05) is 22.3 Å².